The highest BCUT2D eigenvalue weighted by Gasteiger charge is 2.59. The predicted octanol–water partition coefficient (Wildman–Crippen LogP) is 7.74. The number of allylic oxidation sites excluding steroid dienone is 3. The second-order valence-corrected chi connectivity index (χ2v) is 12.4. The van der Waals surface area contributed by atoms with Gasteiger partial charge in [0, 0.05) is 13.3 Å². The number of rotatable bonds is 5. The van der Waals surface area contributed by atoms with Gasteiger partial charge in [0.15, 0.2) is 0 Å². The number of esters is 1. The van der Waals surface area contributed by atoms with Gasteiger partial charge in [0.1, 0.15) is 6.10 Å². The van der Waals surface area contributed by atoms with Gasteiger partial charge in [0.05, 0.1) is 0 Å². The van der Waals surface area contributed by atoms with Crippen molar-refractivity contribution in [1.82, 2.24) is 0 Å². The molecule has 0 aromatic heterocycles. The Kier molecular flexibility index (Phi) is 6.50. The van der Waals surface area contributed by atoms with E-state index in [0.29, 0.717) is 16.7 Å². The molecule has 0 N–H and O–H groups in total. The van der Waals surface area contributed by atoms with Crippen LogP contribution >= 0.6 is 0 Å². The van der Waals surface area contributed by atoms with Gasteiger partial charge in [-0.2, -0.15) is 0 Å². The maximum absolute atomic E-state index is 11.5. The van der Waals surface area contributed by atoms with E-state index in [1.54, 1.807) is 12.5 Å². The van der Waals surface area contributed by atoms with E-state index < -0.39 is 0 Å². The molecule has 3 saturated carbocycles. The van der Waals surface area contributed by atoms with E-state index in [-0.39, 0.29) is 12.1 Å². The summed E-state index contributed by atoms with van der Waals surface area (Å²) in [5.41, 5.74) is 2.45. The zero-order valence-electron chi connectivity index (χ0n) is 21.0. The number of fused-ring (bicyclic) bond motifs is 5. The predicted molar refractivity (Wildman–Crippen MR) is 129 cm³/mol. The maximum Gasteiger partial charge on any atom is 0.302 e. The average molecular weight is 427 g/mol. The SMILES string of the molecule is CC(=O)O[C@@H]1CC[C@@]2(C)C(=CC[C@H]3[C@@H]4CC[C@H]([C@@H](C)/C=C/CC(C)C)[C@@]4(C)CC[C@@H]32)C1. The molecular weight excluding hydrogens is 380 g/mol. The number of carbonyl (C=O) groups is 1. The number of hydrogen-bond donors (Lipinski definition) is 0. The third kappa shape index (κ3) is 4.18. The van der Waals surface area contributed by atoms with Crippen molar-refractivity contribution in [3.63, 3.8) is 0 Å². The summed E-state index contributed by atoms with van der Waals surface area (Å²) in [6, 6.07) is 0. The molecule has 8 atom stereocenters. The maximum atomic E-state index is 11.5. The first kappa shape index (κ1) is 23.1. The Morgan fingerprint density at radius 3 is 2.61 bits per heavy atom. The number of ether oxygens (including phenoxy) is 1. The minimum Gasteiger partial charge on any atom is -0.462 e. The third-order valence-electron chi connectivity index (χ3n) is 10.1. The molecule has 0 aromatic carbocycles. The van der Waals surface area contributed by atoms with Gasteiger partial charge < -0.3 is 4.74 Å². The molecule has 31 heavy (non-hydrogen) atoms. The van der Waals surface area contributed by atoms with Gasteiger partial charge in [-0.05, 0) is 97.7 Å². The molecule has 4 aliphatic rings. The van der Waals surface area contributed by atoms with Gasteiger partial charge in [-0.15, -0.1) is 0 Å². The lowest BCUT2D eigenvalue weighted by Gasteiger charge is -2.58. The largest absolute Gasteiger partial charge is 0.462 e. The molecule has 3 fully saturated rings. The molecular formula is C29H46O2. The van der Waals surface area contributed by atoms with Crippen LogP contribution in [0.25, 0.3) is 0 Å². The lowest BCUT2D eigenvalue weighted by Crippen LogP contribution is -2.51. The number of hydrogen-bond acceptors (Lipinski definition) is 2. The zero-order chi connectivity index (χ0) is 22.4. The highest BCUT2D eigenvalue weighted by molar-refractivity contribution is 5.66. The van der Waals surface area contributed by atoms with Gasteiger partial charge in [0.25, 0.3) is 0 Å². The van der Waals surface area contributed by atoms with Crippen LogP contribution in [0.15, 0.2) is 23.8 Å². The third-order valence-corrected chi connectivity index (χ3v) is 10.1. The van der Waals surface area contributed by atoms with Crippen molar-refractivity contribution in [2.75, 3.05) is 0 Å². The Bertz CT molecular complexity index is 733. The zero-order valence-corrected chi connectivity index (χ0v) is 21.0. The Labute approximate surface area is 191 Å². The Morgan fingerprint density at radius 2 is 1.90 bits per heavy atom. The van der Waals surface area contributed by atoms with Crippen LogP contribution in [0.1, 0.15) is 99.3 Å². The minimum atomic E-state index is -0.120. The van der Waals surface area contributed by atoms with Crippen LogP contribution in [0.4, 0.5) is 0 Å². The summed E-state index contributed by atoms with van der Waals surface area (Å²) in [6.07, 6.45) is 19.0. The first-order valence-electron chi connectivity index (χ1n) is 13.2. The molecule has 0 unspecified atom stereocenters. The molecule has 0 bridgehead atoms. The normalized spacial score (nSPS) is 43.2. The standard InChI is InChI=1S/C29H46O2/c1-19(2)8-7-9-20(3)25-12-13-26-24-11-10-22-18-23(31-21(4)30)14-16-28(22,5)27(24)15-17-29(25,26)6/h7,9-10,19-20,23-27H,8,11-18H2,1-6H3/b9-7+/t20-,23+,24-,25+,26-,27-,28-,29+/m0/s1. The molecule has 2 heteroatoms. The van der Waals surface area contributed by atoms with Crippen molar-refractivity contribution in [1.29, 1.82) is 0 Å². The van der Waals surface area contributed by atoms with Crippen LogP contribution in [-0.2, 0) is 9.53 Å². The quantitative estimate of drug-likeness (QED) is 0.332. The van der Waals surface area contributed by atoms with Crippen molar-refractivity contribution >= 4 is 5.97 Å². The van der Waals surface area contributed by atoms with Gasteiger partial charge in [-0.3, -0.25) is 4.79 Å². The summed E-state index contributed by atoms with van der Waals surface area (Å²) in [6.45, 7) is 13.9. The molecule has 0 saturated heterocycles. The summed E-state index contributed by atoms with van der Waals surface area (Å²) in [4.78, 5) is 11.5. The van der Waals surface area contributed by atoms with Crippen LogP contribution in [0.5, 0.6) is 0 Å². The van der Waals surface area contributed by atoms with Gasteiger partial charge in [-0.25, -0.2) is 0 Å². The second kappa shape index (κ2) is 8.71. The molecule has 4 rings (SSSR count). The van der Waals surface area contributed by atoms with Gasteiger partial charge >= 0.3 is 5.97 Å². The summed E-state index contributed by atoms with van der Waals surface area (Å²) < 4.78 is 5.61. The van der Waals surface area contributed by atoms with Crippen LogP contribution in [0, 0.1) is 46.3 Å². The smallest absolute Gasteiger partial charge is 0.302 e. The lowest BCUT2D eigenvalue weighted by atomic mass is 9.47. The highest BCUT2D eigenvalue weighted by atomic mass is 16.5. The van der Waals surface area contributed by atoms with Crippen molar-refractivity contribution in [2.45, 2.75) is 105 Å². The molecule has 174 valence electrons. The van der Waals surface area contributed by atoms with E-state index in [1.807, 2.05) is 0 Å². The molecule has 0 heterocycles. The first-order valence-corrected chi connectivity index (χ1v) is 13.2. The summed E-state index contributed by atoms with van der Waals surface area (Å²) in [7, 11) is 0. The molecule has 0 amide bonds. The Balaban J connectivity index is 1.50. The molecule has 0 aromatic rings. The van der Waals surface area contributed by atoms with Crippen LogP contribution in [0.2, 0.25) is 0 Å². The summed E-state index contributed by atoms with van der Waals surface area (Å²) in [5.74, 6) is 4.76. The minimum absolute atomic E-state index is 0.108. The topological polar surface area (TPSA) is 26.3 Å². The Morgan fingerprint density at radius 1 is 1.13 bits per heavy atom. The van der Waals surface area contributed by atoms with Crippen molar-refractivity contribution in [2.24, 2.45) is 46.3 Å². The molecule has 0 spiro atoms. The van der Waals surface area contributed by atoms with E-state index in [9.17, 15) is 4.79 Å². The second-order valence-electron chi connectivity index (χ2n) is 12.4. The van der Waals surface area contributed by atoms with Crippen molar-refractivity contribution in [3.8, 4) is 0 Å². The van der Waals surface area contributed by atoms with E-state index in [4.69, 9.17) is 4.74 Å². The molecule has 0 aliphatic heterocycles. The highest BCUT2D eigenvalue weighted by Crippen LogP contribution is 2.67. The average Bonchev–Trinajstić information content (AvgIpc) is 3.05. The molecule has 2 nitrogen and oxygen atoms in total. The van der Waals surface area contributed by atoms with Crippen LogP contribution in [-0.4, -0.2) is 12.1 Å². The monoisotopic (exact) mass is 426 g/mol. The summed E-state index contributed by atoms with van der Waals surface area (Å²) >= 11 is 0. The van der Waals surface area contributed by atoms with Crippen molar-refractivity contribution in [3.05, 3.63) is 23.8 Å². The van der Waals surface area contributed by atoms with Crippen LogP contribution in [0.3, 0.4) is 0 Å². The fraction of sp³-hybridized carbons (Fsp3) is 0.828. The van der Waals surface area contributed by atoms with E-state index in [2.05, 4.69) is 52.8 Å². The number of carbonyl (C=O) groups excluding carboxylic acids is 1. The van der Waals surface area contributed by atoms with Gasteiger partial charge in [-0.1, -0.05) is 58.4 Å². The van der Waals surface area contributed by atoms with Crippen LogP contribution < -0.4 is 0 Å². The molecule has 0 radical (unpaired) electrons. The van der Waals surface area contributed by atoms with E-state index in [0.717, 1.165) is 42.4 Å². The fourth-order valence-electron chi connectivity index (χ4n) is 8.57. The lowest BCUT2D eigenvalue weighted by molar-refractivity contribution is -0.148. The van der Waals surface area contributed by atoms with E-state index >= 15 is 0 Å². The van der Waals surface area contributed by atoms with E-state index in [1.165, 1.54) is 44.9 Å². The van der Waals surface area contributed by atoms with Gasteiger partial charge in [0.2, 0.25) is 0 Å². The van der Waals surface area contributed by atoms with Crippen molar-refractivity contribution < 1.29 is 9.53 Å². The molecule has 4 aliphatic carbocycles. The fourth-order valence-corrected chi connectivity index (χ4v) is 8.57. The first-order chi connectivity index (χ1) is 14.6. The Hall–Kier alpha value is -1.05. The summed E-state index contributed by atoms with van der Waals surface area (Å²) in [5, 5.41) is 0.